The van der Waals surface area contributed by atoms with Crippen LogP contribution >= 0.6 is 0 Å². The molecule has 0 aliphatic carbocycles. The Morgan fingerprint density at radius 2 is 2.00 bits per heavy atom. The summed E-state index contributed by atoms with van der Waals surface area (Å²) in [7, 11) is 0. The number of alkyl halides is 3. The van der Waals surface area contributed by atoms with Gasteiger partial charge in [-0.1, -0.05) is 6.92 Å². The van der Waals surface area contributed by atoms with E-state index in [-0.39, 0.29) is 17.3 Å². The van der Waals surface area contributed by atoms with Crippen molar-refractivity contribution >= 4 is 23.0 Å². The molecule has 1 aromatic heterocycles. The predicted octanol–water partition coefficient (Wildman–Crippen LogP) is 4.33. The van der Waals surface area contributed by atoms with Gasteiger partial charge in [-0.2, -0.15) is 13.2 Å². The quantitative estimate of drug-likeness (QED) is 0.658. The van der Waals surface area contributed by atoms with E-state index < -0.39 is 23.7 Å². The minimum atomic E-state index is -4.53. The van der Waals surface area contributed by atoms with Crippen LogP contribution in [0.3, 0.4) is 0 Å². The Morgan fingerprint density at radius 1 is 1.27 bits per heavy atom. The molecule has 0 bridgehead atoms. The molecule has 0 saturated heterocycles. The van der Waals surface area contributed by atoms with Gasteiger partial charge < -0.3 is 16.0 Å². The molecule has 2 aliphatic rings. The Hall–Kier alpha value is -3.62. The first-order valence-corrected chi connectivity index (χ1v) is 10.6. The van der Waals surface area contributed by atoms with Crippen molar-refractivity contribution in [2.24, 2.45) is 4.99 Å². The molecule has 0 unspecified atom stereocenters. The van der Waals surface area contributed by atoms with Gasteiger partial charge >= 0.3 is 6.18 Å². The second-order valence-corrected chi connectivity index (χ2v) is 8.13. The highest BCUT2D eigenvalue weighted by Crippen LogP contribution is 2.33. The summed E-state index contributed by atoms with van der Waals surface area (Å²) in [4.78, 5) is 24.0. The number of benzene rings is 1. The normalized spacial score (nSPS) is 18.8. The van der Waals surface area contributed by atoms with Gasteiger partial charge in [0, 0.05) is 30.8 Å². The summed E-state index contributed by atoms with van der Waals surface area (Å²) in [6.07, 6.45) is 3.35. The summed E-state index contributed by atoms with van der Waals surface area (Å²) in [6.45, 7) is 4.31. The average molecular weight is 455 g/mol. The van der Waals surface area contributed by atoms with E-state index in [2.05, 4.69) is 15.3 Å². The zero-order chi connectivity index (χ0) is 23.8. The van der Waals surface area contributed by atoms with Gasteiger partial charge in [-0.15, -0.1) is 0 Å². The largest absolute Gasteiger partial charge is 0.416 e. The molecule has 0 saturated carbocycles. The average Bonchev–Trinajstić information content (AvgIpc) is 3.21. The summed E-state index contributed by atoms with van der Waals surface area (Å²) in [5.74, 6) is 0.145. The smallest absolute Gasteiger partial charge is 0.399 e. The zero-order valence-corrected chi connectivity index (χ0v) is 18.2. The van der Waals surface area contributed by atoms with Crippen LogP contribution in [0, 0.1) is 0 Å². The fraction of sp³-hybridized carbons (Fsp3) is 0.292. The number of rotatable bonds is 5. The lowest BCUT2D eigenvalue weighted by molar-refractivity contribution is -0.137. The topological polar surface area (TPSA) is 83.6 Å². The maximum Gasteiger partial charge on any atom is 0.416 e. The van der Waals surface area contributed by atoms with Crippen molar-refractivity contribution in [1.82, 2.24) is 15.2 Å². The molecule has 0 fully saturated rings. The molecule has 4 rings (SSSR count). The van der Waals surface area contributed by atoms with Gasteiger partial charge in [0.15, 0.2) is 0 Å². The number of carbonyl (C=O) groups excluding carboxylic acids is 1. The monoisotopic (exact) mass is 455 g/mol. The minimum Gasteiger partial charge on any atom is -0.399 e. The number of aromatic nitrogens is 1. The SMILES string of the molecule is CC[C@@H]1CN2C=C(c3ccncc3)C=C(C(=O)N[C@H](C)c3cc(N)cc(C(F)(F)F)c3)C2=N1. The molecule has 3 N–H and O–H groups in total. The fourth-order valence-corrected chi connectivity index (χ4v) is 3.90. The minimum absolute atomic E-state index is 0.0159. The number of hydrogen-bond acceptors (Lipinski definition) is 5. The van der Waals surface area contributed by atoms with E-state index in [1.165, 1.54) is 6.07 Å². The van der Waals surface area contributed by atoms with Crippen LogP contribution in [-0.2, 0) is 11.0 Å². The lowest BCUT2D eigenvalue weighted by atomic mass is 9.99. The number of fused-ring (bicyclic) bond motifs is 1. The predicted molar refractivity (Wildman–Crippen MR) is 121 cm³/mol. The lowest BCUT2D eigenvalue weighted by Gasteiger charge is -2.25. The molecule has 1 aromatic carbocycles. The van der Waals surface area contributed by atoms with Crippen LogP contribution in [-0.4, -0.2) is 34.2 Å². The molecule has 33 heavy (non-hydrogen) atoms. The van der Waals surface area contributed by atoms with E-state index in [1.807, 2.05) is 30.2 Å². The number of allylic oxidation sites excluding steroid dienone is 2. The molecule has 172 valence electrons. The van der Waals surface area contributed by atoms with Gasteiger partial charge in [-0.25, -0.2) is 0 Å². The third-order valence-electron chi connectivity index (χ3n) is 5.70. The molecular weight excluding hydrogens is 431 g/mol. The number of anilines is 1. The second-order valence-electron chi connectivity index (χ2n) is 8.13. The standard InChI is InChI=1S/C24H24F3N5O/c1-3-20-13-32-12-17(15-4-6-29-7-5-15)10-21(22(32)31-20)23(33)30-14(2)16-8-18(24(25,26)27)11-19(28)9-16/h4-12,14,20H,3,13,28H2,1-2H3,(H,30,33)/t14-,20-/m1/s1. The molecule has 2 aromatic rings. The van der Waals surface area contributed by atoms with Crippen molar-refractivity contribution in [3.8, 4) is 0 Å². The number of nitrogen functional groups attached to an aromatic ring is 1. The molecule has 0 radical (unpaired) electrons. The second kappa shape index (κ2) is 8.73. The Morgan fingerprint density at radius 3 is 2.67 bits per heavy atom. The Balaban J connectivity index is 1.64. The molecule has 2 atom stereocenters. The van der Waals surface area contributed by atoms with Crippen LogP contribution in [0.1, 0.15) is 43.0 Å². The van der Waals surface area contributed by atoms with Crippen molar-refractivity contribution in [1.29, 1.82) is 0 Å². The third kappa shape index (κ3) is 4.76. The van der Waals surface area contributed by atoms with Crippen LogP contribution in [0.2, 0.25) is 0 Å². The molecule has 6 nitrogen and oxygen atoms in total. The number of nitrogens with two attached hydrogens (primary N) is 1. The highest BCUT2D eigenvalue weighted by Gasteiger charge is 2.34. The number of pyridine rings is 1. The highest BCUT2D eigenvalue weighted by atomic mass is 19.4. The van der Waals surface area contributed by atoms with Gasteiger partial charge in [0.2, 0.25) is 0 Å². The number of amides is 1. The van der Waals surface area contributed by atoms with Gasteiger partial charge in [-0.3, -0.25) is 14.8 Å². The van der Waals surface area contributed by atoms with Crippen LogP contribution in [0.15, 0.2) is 65.6 Å². The molecule has 0 spiro atoms. The molecular formula is C24H24F3N5O. The van der Waals surface area contributed by atoms with Crippen LogP contribution in [0.5, 0.6) is 0 Å². The maximum absolute atomic E-state index is 13.3. The van der Waals surface area contributed by atoms with E-state index in [9.17, 15) is 18.0 Å². The first-order valence-electron chi connectivity index (χ1n) is 10.6. The first-order chi connectivity index (χ1) is 15.7. The number of amidine groups is 1. The van der Waals surface area contributed by atoms with Gasteiger partial charge in [0.05, 0.1) is 23.2 Å². The Labute approximate surface area is 189 Å². The van der Waals surface area contributed by atoms with Crippen LogP contribution in [0.4, 0.5) is 18.9 Å². The summed E-state index contributed by atoms with van der Waals surface area (Å²) < 4.78 is 39.6. The lowest BCUT2D eigenvalue weighted by Crippen LogP contribution is -2.36. The van der Waals surface area contributed by atoms with Gasteiger partial charge in [0.25, 0.3) is 5.91 Å². The Bertz CT molecular complexity index is 1150. The Kier molecular flexibility index (Phi) is 5.97. The maximum atomic E-state index is 13.3. The third-order valence-corrected chi connectivity index (χ3v) is 5.70. The van der Waals surface area contributed by atoms with Crippen molar-refractivity contribution in [3.63, 3.8) is 0 Å². The zero-order valence-electron chi connectivity index (χ0n) is 18.2. The number of hydrogen-bond donors (Lipinski definition) is 2. The number of nitrogens with one attached hydrogen (secondary N) is 1. The van der Waals surface area contributed by atoms with E-state index in [1.54, 1.807) is 25.4 Å². The van der Waals surface area contributed by atoms with Crippen LogP contribution in [0.25, 0.3) is 5.57 Å². The number of carbonyl (C=O) groups is 1. The van der Waals surface area contributed by atoms with E-state index >= 15 is 0 Å². The van der Waals surface area contributed by atoms with Crippen molar-refractivity contribution < 1.29 is 18.0 Å². The molecule has 9 heteroatoms. The summed E-state index contributed by atoms with van der Waals surface area (Å²) >= 11 is 0. The summed E-state index contributed by atoms with van der Waals surface area (Å²) in [6, 6.07) is 6.38. The van der Waals surface area contributed by atoms with E-state index in [0.717, 1.165) is 29.7 Å². The number of aliphatic imine (C=N–C) groups is 1. The first kappa shape index (κ1) is 22.6. The molecule has 2 aliphatic heterocycles. The summed E-state index contributed by atoms with van der Waals surface area (Å²) in [5.41, 5.74) is 7.18. The number of halogens is 3. The van der Waals surface area contributed by atoms with Crippen molar-refractivity contribution in [2.75, 3.05) is 12.3 Å². The van der Waals surface area contributed by atoms with E-state index in [4.69, 9.17) is 5.73 Å². The van der Waals surface area contributed by atoms with Crippen molar-refractivity contribution in [2.45, 2.75) is 38.5 Å². The molecule has 3 heterocycles. The summed E-state index contributed by atoms with van der Waals surface area (Å²) in [5, 5.41) is 2.81. The van der Waals surface area contributed by atoms with Gasteiger partial charge in [-0.05, 0) is 66.5 Å². The number of nitrogens with zero attached hydrogens (tertiary/aromatic N) is 3. The van der Waals surface area contributed by atoms with Crippen LogP contribution < -0.4 is 11.1 Å². The van der Waals surface area contributed by atoms with Crippen molar-refractivity contribution in [3.05, 3.63) is 77.3 Å². The van der Waals surface area contributed by atoms with Gasteiger partial charge in [0.1, 0.15) is 5.84 Å². The highest BCUT2D eigenvalue weighted by molar-refractivity contribution is 6.24. The molecule has 1 amide bonds. The van der Waals surface area contributed by atoms with E-state index in [0.29, 0.717) is 18.0 Å². The fourth-order valence-electron chi connectivity index (χ4n) is 3.90.